The summed E-state index contributed by atoms with van der Waals surface area (Å²) in [5.41, 5.74) is 0.610. The molecule has 5 nitrogen and oxygen atoms in total. The van der Waals surface area contributed by atoms with E-state index in [9.17, 15) is 4.79 Å². The van der Waals surface area contributed by atoms with Gasteiger partial charge in [0.1, 0.15) is 12.2 Å². The van der Waals surface area contributed by atoms with Gasteiger partial charge in [-0.2, -0.15) is 0 Å². The second-order valence-corrected chi connectivity index (χ2v) is 6.85. The molecule has 0 aliphatic heterocycles. The number of amides is 1. The molecule has 0 radical (unpaired) electrons. The number of nitrogens with one attached hydrogen (secondary N) is 1. The zero-order valence-electron chi connectivity index (χ0n) is 15.7. The van der Waals surface area contributed by atoms with Crippen LogP contribution in [-0.4, -0.2) is 24.8 Å². The highest BCUT2D eigenvalue weighted by Crippen LogP contribution is 2.27. The fraction of sp³-hybridized carbons (Fsp3) is 0.381. The Morgan fingerprint density at radius 3 is 2.19 bits per heavy atom. The van der Waals surface area contributed by atoms with Crippen LogP contribution in [0, 0.1) is 0 Å². The van der Waals surface area contributed by atoms with E-state index >= 15 is 0 Å². The first-order chi connectivity index (χ1) is 12.4. The summed E-state index contributed by atoms with van der Waals surface area (Å²) in [6.45, 7) is 6.96. The second kappa shape index (κ2) is 9.70. The molecule has 0 aliphatic carbocycles. The zero-order valence-corrected chi connectivity index (χ0v) is 15.7. The van der Waals surface area contributed by atoms with Crippen molar-refractivity contribution >= 4 is 6.09 Å². The summed E-state index contributed by atoms with van der Waals surface area (Å²) >= 11 is 0. The van der Waals surface area contributed by atoms with Gasteiger partial charge in [-0.1, -0.05) is 42.5 Å². The summed E-state index contributed by atoms with van der Waals surface area (Å²) in [5.74, 6) is 1.40. The van der Waals surface area contributed by atoms with Crippen LogP contribution in [0.3, 0.4) is 0 Å². The van der Waals surface area contributed by atoms with Crippen molar-refractivity contribution in [3.63, 3.8) is 0 Å². The van der Waals surface area contributed by atoms with Crippen molar-refractivity contribution in [1.29, 1.82) is 0 Å². The lowest BCUT2D eigenvalue weighted by Crippen LogP contribution is -2.33. The molecule has 0 aromatic heterocycles. The van der Waals surface area contributed by atoms with Gasteiger partial charge in [-0.05, 0) is 44.9 Å². The van der Waals surface area contributed by atoms with E-state index in [1.807, 2.05) is 75.4 Å². The minimum Gasteiger partial charge on any atom is -0.490 e. The van der Waals surface area contributed by atoms with E-state index in [0.717, 1.165) is 5.56 Å². The van der Waals surface area contributed by atoms with Crippen LogP contribution in [-0.2, 0) is 11.3 Å². The van der Waals surface area contributed by atoms with Gasteiger partial charge in [0.2, 0.25) is 0 Å². The van der Waals surface area contributed by atoms with E-state index in [1.165, 1.54) is 0 Å². The summed E-state index contributed by atoms with van der Waals surface area (Å²) < 4.78 is 16.8. The van der Waals surface area contributed by atoms with E-state index in [4.69, 9.17) is 14.2 Å². The molecule has 2 rings (SSSR count). The Balaban J connectivity index is 1.73. The average Bonchev–Trinajstić information content (AvgIpc) is 2.60. The molecule has 1 amide bonds. The summed E-state index contributed by atoms with van der Waals surface area (Å²) in [6.07, 6.45) is 0.260. The summed E-state index contributed by atoms with van der Waals surface area (Å²) in [4.78, 5) is 11.6. The monoisotopic (exact) mass is 357 g/mol. The molecule has 0 spiro atoms. The zero-order chi connectivity index (χ0) is 18.8. The van der Waals surface area contributed by atoms with E-state index in [-0.39, 0.29) is 0 Å². The predicted octanol–water partition coefficient (Wildman–Crippen LogP) is 4.56. The molecule has 26 heavy (non-hydrogen) atoms. The van der Waals surface area contributed by atoms with Gasteiger partial charge in [-0.15, -0.1) is 0 Å². The molecule has 0 bridgehead atoms. The van der Waals surface area contributed by atoms with Gasteiger partial charge >= 0.3 is 6.09 Å². The molecule has 0 unspecified atom stereocenters. The van der Waals surface area contributed by atoms with Gasteiger partial charge in [-0.3, -0.25) is 0 Å². The topological polar surface area (TPSA) is 56.8 Å². The normalized spacial score (nSPS) is 10.9. The number of ether oxygens (including phenoxy) is 3. The van der Waals surface area contributed by atoms with Crippen LogP contribution >= 0.6 is 0 Å². The Labute approximate surface area is 155 Å². The Morgan fingerprint density at radius 2 is 1.54 bits per heavy atom. The van der Waals surface area contributed by atoms with Crippen molar-refractivity contribution in [3.8, 4) is 11.5 Å². The predicted molar refractivity (Wildman–Crippen MR) is 102 cm³/mol. The van der Waals surface area contributed by atoms with Gasteiger partial charge in [0, 0.05) is 6.54 Å². The lowest BCUT2D eigenvalue weighted by Gasteiger charge is -2.19. The number of carbonyl (C=O) groups is 1. The third kappa shape index (κ3) is 7.47. The molecular formula is C21H27NO4. The first-order valence-electron chi connectivity index (χ1n) is 8.79. The van der Waals surface area contributed by atoms with Gasteiger partial charge < -0.3 is 19.5 Å². The maximum absolute atomic E-state index is 11.6. The molecule has 5 heteroatoms. The van der Waals surface area contributed by atoms with Crippen LogP contribution in [0.2, 0.25) is 0 Å². The number of alkyl carbamates (subject to hydrolysis) is 1. The van der Waals surface area contributed by atoms with Gasteiger partial charge in [0.15, 0.2) is 11.5 Å². The smallest absolute Gasteiger partial charge is 0.407 e. The lowest BCUT2D eigenvalue weighted by atomic mass is 10.2. The van der Waals surface area contributed by atoms with Crippen LogP contribution in [0.1, 0.15) is 32.8 Å². The highest BCUT2D eigenvalue weighted by atomic mass is 16.6. The molecule has 0 aliphatic rings. The molecule has 2 aromatic rings. The maximum Gasteiger partial charge on any atom is 0.407 e. The average molecular weight is 357 g/mol. The number of hydrogen-bond acceptors (Lipinski definition) is 4. The van der Waals surface area contributed by atoms with E-state index in [0.29, 0.717) is 37.7 Å². The Bertz CT molecular complexity index is 680. The second-order valence-electron chi connectivity index (χ2n) is 6.85. The summed E-state index contributed by atoms with van der Waals surface area (Å²) in [7, 11) is 0. The lowest BCUT2D eigenvalue weighted by molar-refractivity contribution is 0.0525. The van der Waals surface area contributed by atoms with Crippen LogP contribution in [0.15, 0.2) is 54.6 Å². The van der Waals surface area contributed by atoms with Crippen molar-refractivity contribution in [2.45, 2.75) is 39.4 Å². The Hall–Kier alpha value is -2.69. The molecule has 1 N–H and O–H groups in total. The van der Waals surface area contributed by atoms with Gasteiger partial charge in [-0.25, -0.2) is 4.79 Å². The first-order valence-corrected chi connectivity index (χ1v) is 8.79. The van der Waals surface area contributed by atoms with E-state index in [1.54, 1.807) is 0 Å². The largest absolute Gasteiger partial charge is 0.490 e. The summed E-state index contributed by atoms with van der Waals surface area (Å²) in [6, 6.07) is 17.6. The summed E-state index contributed by atoms with van der Waals surface area (Å²) in [5, 5.41) is 2.71. The fourth-order valence-electron chi connectivity index (χ4n) is 2.18. The Morgan fingerprint density at radius 1 is 0.923 bits per heavy atom. The van der Waals surface area contributed by atoms with Crippen LogP contribution < -0.4 is 14.8 Å². The van der Waals surface area contributed by atoms with Crippen LogP contribution in [0.4, 0.5) is 4.79 Å². The minimum absolute atomic E-state index is 0.413. The highest BCUT2D eigenvalue weighted by Gasteiger charge is 2.15. The molecule has 0 fully saturated rings. The molecule has 140 valence electrons. The quantitative estimate of drug-likeness (QED) is 0.704. The molecule has 0 saturated carbocycles. The highest BCUT2D eigenvalue weighted by molar-refractivity contribution is 5.67. The molecule has 0 atom stereocenters. The van der Waals surface area contributed by atoms with Crippen molar-refractivity contribution in [2.24, 2.45) is 0 Å². The molecule has 2 aromatic carbocycles. The van der Waals surface area contributed by atoms with Gasteiger partial charge in [0.25, 0.3) is 0 Å². The number of para-hydroxylation sites is 2. The molecular weight excluding hydrogens is 330 g/mol. The SMILES string of the molecule is CC(C)(C)OC(=O)NCCCOc1ccccc1OCc1ccccc1. The van der Waals surface area contributed by atoms with Crippen molar-refractivity contribution in [1.82, 2.24) is 5.32 Å². The van der Waals surface area contributed by atoms with Crippen LogP contribution in [0.25, 0.3) is 0 Å². The maximum atomic E-state index is 11.6. The third-order valence-corrected chi connectivity index (χ3v) is 3.33. The minimum atomic E-state index is -0.490. The van der Waals surface area contributed by atoms with Crippen molar-refractivity contribution in [3.05, 3.63) is 60.2 Å². The van der Waals surface area contributed by atoms with Crippen LogP contribution in [0.5, 0.6) is 11.5 Å². The van der Waals surface area contributed by atoms with Crippen molar-refractivity contribution < 1.29 is 19.0 Å². The Kier molecular flexibility index (Phi) is 7.33. The molecule has 0 saturated heterocycles. The van der Waals surface area contributed by atoms with Crippen molar-refractivity contribution in [2.75, 3.05) is 13.2 Å². The first kappa shape index (κ1) is 19.6. The number of hydrogen-bond donors (Lipinski definition) is 1. The molecule has 0 heterocycles. The number of rotatable bonds is 8. The number of carbonyl (C=O) groups excluding carboxylic acids is 1. The fourth-order valence-corrected chi connectivity index (χ4v) is 2.18. The number of benzene rings is 2. The van der Waals surface area contributed by atoms with Gasteiger partial charge in [0.05, 0.1) is 6.61 Å². The van der Waals surface area contributed by atoms with E-state index in [2.05, 4.69) is 5.32 Å². The third-order valence-electron chi connectivity index (χ3n) is 3.33. The van der Waals surface area contributed by atoms with E-state index < -0.39 is 11.7 Å². The standard InChI is InChI=1S/C21H27NO4/c1-21(2,3)26-20(23)22-14-9-15-24-18-12-7-8-13-19(18)25-16-17-10-5-4-6-11-17/h4-8,10-13H,9,14-16H2,1-3H3,(H,22,23).